The number of hydrogen-bond acceptors (Lipinski definition) is 1. The molecule has 1 heteroatoms. The lowest BCUT2D eigenvalue weighted by Gasteiger charge is -2.35. The number of rotatable bonds is 1. The molecule has 0 bridgehead atoms. The van der Waals surface area contributed by atoms with E-state index in [1.807, 2.05) is 13.0 Å². The van der Waals surface area contributed by atoms with Crippen LogP contribution in [-0.2, 0) is 0 Å². The van der Waals surface area contributed by atoms with E-state index in [1.54, 1.807) is 0 Å². The molecule has 0 radical (unpaired) electrons. The molecule has 1 nitrogen and oxygen atoms in total. The zero-order chi connectivity index (χ0) is 9.35. The molecular formula is C11H18O. The monoisotopic (exact) mass is 166 g/mol. The van der Waals surface area contributed by atoms with Crippen LogP contribution in [0.4, 0.5) is 0 Å². The van der Waals surface area contributed by atoms with Gasteiger partial charge < -0.3 is 5.11 Å². The van der Waals surface area contributed by atoms with Crippen LogP contribution >= 0.6 is 0 Å². The fourth-order valence-corrected chi connectivity index (χ4v) is 2.00. The number of aliphatic hydroxyl groups excluding tert-OH is 1. The van der Waals surface area contributed by atoms with Gasteiger partial charge in [-0.15, -0.1) is 0 Å². The summed E-state index contributed by atoms with van der Waals surface area (Å²) in [5, 5.41) is 9.61. The van der Waals surface area contributed by atoms with Crippen molar-refractivity contribution < 1.29 is 5.11 Å². The van der Waals surface area contributed by atoms with Crippen LogP contribution in [0.2, 0.25) is 0 Å². The standard InChI is InChI=1S/C11H18O/c1-5-9-8(2)10(12)6-7-11(9,3)4/h5,10,12H,1,6-7H2,2-4H3. The van der Waals surface area contributed by atoms with Gasteiger partial charge in [0.05, 0.1) is 6.10 Å². The first kappa shape index (κ1) is 9.53. The van der Waals surface area contributed by atoms with Crippen LogP contribution in [0, 0.1) is 5.41 Å². The molecule has 0 aromatic carbocycles. The second-order valence-corrected chi connectivity index (χ2v) is 4.24. The van der Waals surface area contributed by atoms with E-state index in [4.69, 9.17) is 0 Å². The van der Waals surface area contributed by atoms with Gasteiger partial charge in [-0.05, 0) is 36.3 Å². The third-order valence-electron chi connectivity index (χ3n) is 2.90. The second-order valence-electron chi connectivity index (χ2n) is 4.24. The minimum atomic E-state index is -0.244. The fourth-order valence-electron chi connectivity index (χ4n) is 2.00. The molecule has 1 atom stereocenters. The molecule has 0 aromatic rings. The summed E-state index contributed by atoms with van der Waals surface area (Å²) in [6.45, 7) is 10.2. The van der Waals surface area contributed by atoms with Crippen LogP contribution in [0.5, 0.6) is 0 Å². The maximum absolute atomic E-state index is 9.61. The van der Waals surface area contributed by atoms with Crippen molar-refractivity contribution in [2.24, 2.45) is 5.41 Å². The smallest absolute Gasteiger partial charge is 0.0753 e. The Morgan fingerprint density at radius 2 is 2.17 bits per heavy atom. The van der Waals surface area contributed by atoms with Gasteiger partial charge in [-0.2, -0.15) is 0 Å². The molecule has 1 N–H and O–H groups in total. The molecule has 0 spiro atoms. The number of aliphatic hydroxyl groups is 1. The van der Waals surface area contributed by atoms with Crippen molar-refractivity contribution in [2.75, 3.05) is 0 Å². The molecule has 0 amide bonds. The molecular weight excluding hydrogens is 148 g/mol. The highest BCUT2D eigenvalue weighted by atomic mass is 16.3. The highest BCUT2D eigenvalue weighted by molar-refractivity contribution is 5.33. The van der Waals surface area contributed by atoms with Gasteiger partial charge in [-0.1, -0.05) is 26.5 Å². The Balaban J connectivity index is 3.09. The summed E-state index contributed by atoms with van der Waals surface area (Å²) in [5.74, 6) is 0. The summed E-state index contributed by atoms with van der Waals surface area (Å²) in [6.07, 6.45) is 3.58. The van der Waals surface area contributed by atoms with E-state index in [0.717, 1.165) is 18.4 Å². The normalized spacial score (nSPS) is 28.8. The van der Waals surface area contributed by atoms with Gasteiger partial charge in [0, 0.05) is 0 Å². The second kappa shape index (κ2) is 3.06. The zero-order valence-electron chi connectivity index (χ0n) is 8.22. The van der Waals surface area contributed by atoms with E-state index in [0.29, 0.717) is 0 Å². The van der Waals surface area contributed by atoms with E-state index in [1.165, 1.54) is 5.57 Å². The Kier molecular flexibility index (Phi) is 2.43. The molecule has 0 aliphatic heterocycles. The topological polar surface area (TPSA) is 20.2 Å². The van der Waals surface area contributed by atoms with Gasteiger partial charge in [-0.25, -0.2) is 0 Å². The summed E-state index contributed by atoms with van der Waals surface area (Å²) in [5.41, 5.74) is 2.52. The Morgan fingerprint density at radius 1 is 1.58 bits per heavy atom. The van der Waals surface area contributed by atoms with Gasteiger partial charge in [-0.3, -0.25) is 0 Å². The predicted molar refractivity (Wildman–Crippen MR) is 51.9 cm³/mol. The average Bonchev–Trinajstić information content (AvgIpc) is 1.99. The van der Waals surface area contributed by atoms with Gasteiger partial charge >= 0.3 is 0 Å². The van der Waals surface area contributed by atoms with Crippen LogP contribution in [0.15, 0.2) is 23.8 Å². The maximum Gasteiger partial charge on any atom is 0.0753 e. The molecule has 0 saturated heterocycles. The summed E-state index contributed by atoms with van der Waals surface area (Å²) >= 11 is 0. The minimum Gasteiger partial charge on any atom is -0.389 e. The summed E-state index contributed by atoms with van der Waals surface area (Å²) < 4.78 is 0. The Hall–Kier alpha value is -0.560. The van der Waals surface area contributed by atoms with E-state index in [-0.39, 0.29) is 11.5 Å². The first-order valence-electron chi connectivity index (χ1n) is 4.51. The fraction of sp³-hybridized carbons (Fsp3) is 0.636. The largest absolute Gasteiger partial charge is 0.389 e. The van der Waals surface area contributed by atoms with Crippen LogP contribution in [0.1, 0.15) is 33.6 Å². The number of allylic oxidation sites excluding steroid dienone is 2. The van der Waals surface area contributed by atoms with E-state index >= 15 is 0 Å². The van der Waals surface area contributed by atoms with Gasteiger partial charge in [0.2, 0.25) is 0 Å². The van der Waals surface area contributed by atoms with Crippen LogP contribution in [0.25, 0.3) is 0 Å². The van der Waals surface area contributed by atoms with Crippen LogP contribution < -0.4 is 0 Å². The van der Waals surface area contributed by atoms with Crippen LogP contribution in [-0.4, -0.2) is 11.2 Å². The molecule has 12 heavy (non-hydrogen) atoms. The Morgan fingerprint density at radius 3 is 2.58 bits per heavy atom. The molecule has 0 saturated carbocycles. The first-order chi connectivity index (χ1) is 5.49. The molecule has 0 fully saturated rings. The molecule has 0 heterocycles. The maximum atomic E-state index is 9.61. The van der Waals surface area contributed by atoms with Crippen LogP contribution in [0.3, 0.4) is 0 Å². The Bertz CT molecular complexity index is 223. The minimum absolute atomic E-state index is 0.199. The van der Waals surface area contributed by atoms with Crippen molar-refractivity contribution in [2.45, 2.75) is 39.7 Å². The lowest BCUT2D eigenvalue weighted by molar-refractivity contribution is 0.163. The van der Waals surface area contributed by atoms with Crippen molar-refractivity contribution in [3.8, 4) is 0 Å². The zero-order valence-corrected chi connectivity index (χ0v) is 8.22. The van der Waals surface area contributed by atoms with E-state index in [9.17, 15) is 5.11 Å². The lowest BCUT2D eigenvalue weighted by atomic mass is 9.72. The summed E-state index contributed by atoms with van der Waals surface area (Å²) in [7, 11) is 0. The molecule has 0 aromatic heterocycles. The van der Waals surface area contributed by atoms with Crippen molar-refractivity contribution in [3.05, 3.63) is 23.8 Å². The van der Waals surface area contributed by atoms with Gasteiger partial charge in [0.25, 0.3) is 0 Å². The predicted octanol–water partition coefficient (Wildman–Crippen LogP) is 2.67. The van der Waals surface area contributed by atoms with E-state index < -0.39 is 0 Å². The summed E-state index contributed by atoms with van der Waals surface area (Å²) in [6, 6.07) is 0. The SMILES string of the molecule is C=CC1=C(C)C(O)CCC1(C)C. The quantitative estimate of drug-likeness (QED) is 0.635. The first-order valence-corrected chi connectivity index (χ1v) is 4.51. The molecule has 1 aliphatic rings. The lowest BCUT2D eigenvalue weighted by Crippen LogP contribution is -2.26. The average molecular weight is 166 g/mol. The van der Waals surface area contributed by atoms with Gasteiger partial charge in [0.1, 0.15) is 0 Å². The van der Waals surface area contributed by atoms with Crippen molar-refractivity contribution in [1.82, 2.24) is 0 Å². The Labute approximate surface area is 74.8 Å². The molecule has 1 rings (SSSR count). The van der Waals surface area contributed by atoms with Crippen molar-refractivity contribution in [3.63, 3.8) is 0 Å². The molecule has 68 valence electrons. The third-order valence-corrected chi connectivity index (χ3v) is 2.90. The van der Waals surface area contributed by atoms with Crippen molar-refractivity contribution >= 4 is 0 Å². The third kappa shape index (κ3) is 1.46. The van der Waals surface area contributed by atoms with Gasteiger partial charge in [0.15, 0.2) is 0 Å². The molecule has 1 unspecified atom stereocenters. The van der Waals surface area contributed by atoms with Crippen molar-refractivity contribution in [1.29, 1.82) is 0 Å². The van der Waals surface area contributed by atoms with E-state index in [2.05, 4.69) is 20.4 Å². The highest BCUT2D eigenvalue weighted by Gasteiger charge is 2.30. The highest BCUT2D eigenvalue weighted by Crippen LogP contribution is 2.40. The number of hydrogen-bond donors (Lipinski definition) is 1. The molecule has 1 aliphatic carbocycles. The summed E-state index contributed by atoms with van der Waals surface area (Å²) in [4.78, 5) is 0.